The Morgan fingerprint density at radius 3 is 2.45 bits per heavy atom. The van der Waals surface area contributed by atoms with Gasteiger partial charge in [0.05, 0.1) is 27.4 Å². The highest BCUT2D eigenvalue weighted by molar-refractivity contribution is 8.07. The lowest BCUT2D eigenvalue weighted by Gasteiger charge is -2.26. The second-order valence-electron chi connectivity index (χ2n) is 6.43. The van der Waals surface area contributed by atoms with E-state index in [-0.39, 0.29) is 5.91 Å². The van der Waals surface area contributed by atoms with Crippen molar-refractivity contribution in [2.24, 2.45) is 0 Å². The second-order valence-corrected chi connectivity index (χ2v) is 7.88. The van der Waals surface area contributed by atoms with Gasteiger partial charge < -0.3 is 19.1 Å². The molecule has 1 saturated heterocycles. The summed E-state index contributed by atoms with van der Waals surface area (Å²) >= 11 is 7.58. The number of carbonyl (C=O) groups excluding carboxylic acids is 1. The van der Waals surface area contributed by atoms with Crippen molar-refractivity contribution in [1.82, 2.24) is 4.90 Å². The van der Waals surface area contributed by atoms with Gasteiger partial charge in [0.2, 0.25) is 5.91 Å². The quantitative estimate of drug-likeness (QED) is 0.602. The van der Waals surface area contributed by atoms with E-state index in [9.17, 15) is 4.79 Å². The number of morpholine rings is 1. The Labute approximate surface area is 180 Å². The molecular formula is C22H24ClNO4S. The third kappa shape index (κ3) is 5.92. The van der Waals surface area contributed by atoms with E-state index in [0.29, 0.717) is 48.6 Å². The second kappa shape index (κ2) is 10.6. The molecular weight excluding hydrogens is 410 g/mol. The van der Waals surface area contributed by atoms with Crippen LogP contribution in [0.3, 0.4) is 0 Å². The van der Waals surface area contributed by atoms with Crippen LogP contribution in [-0.4, -0.2) is 51.3 Å². The van der Waals surface area contributed by atoms with Crippen LogP contribution in [0.5, 0.6) is 11.5 Å². The molecule has 3 rings (SSSR count). The average Bonchev–Trinajstić information content (AvgIpc) is 2.77. The lowest BCUT2D eigenvalue weighted by atomic mass is 10.1. The number of benzene rings is 2. The summed E-state index contributed by atoms with van der Waals surface area (Å²) < 4.78 is 16.1. The Hall–Kier alpha value is -2.15. The minimum atomic E-state index is -0.0123. The predicted octanol–water partition coefficient (Wildman–Crippen LogP) is 4.49. The van der Waals surface area contributed by atoms with Crippen LogP contribution in [0, 0.1) is 0 Å². The Bertz CT molecular complexity index is 864. The Morgan fingerprint density at radius 2 is 1.79 bits per heavy atom. The third-order valence-electron chi connectivity index (χ3n) is 4.55. The van der Waals surface area contributed by atoms with E-state index < -0.39 is 0 Å². The van der Waals surface area contributed by atoms with E-state index >= 15 is 0 Å². The molecule has 7 heteroatoms. The van der Waals surface area contributed by atoms with Gasteiger partial charge in [-0.1, -0.05) is 23.7 Å². The number of methoxy groups -OCH3 is 2. The van der Waals surface area contributed by atoms with Gasteiger partial charge in [-0.3, -0.25) is 4.79 Å². The molecule has 0 aliphatic carbocycles. The van der Waals surface area contributed by atoms with E-state index in [1.54, 1.807) is 32.1 Å². The van der Waals surface area contributed by atoms with Gasteiger partial charge in [0.15, 0.2) is 11.5 Å². The van der Waals surface area contributed by atoms with Crippen molar-refractivity contribution in [1.29, 1.82) is 0 Å². The first kappa shape index (κ1) is 21.6. The lowest BCUT2D eigenvalue weighted by molar-refractivity contribution is -0.129. The summed E-state index contributed by atoms with van der Waals surface area (Å²) in [5.41, 5.74) is 2.04. The number of amides is 1. The summed E-state index contributed by atoms with van der Waals surface area (Å²) in [6.07, 6.45) is 1.70. The smallest absolute Gasteiger partial charge is 0.247 e. The minimum absolute atomic E-state index is 0.0123. The number of rotatable bonds is 7. The van der Waals surface area contributed by atoms with Crippen molar-refractivity contribution in [3.63, 3.8) is 0 Å². The fraction of sp³-hybridized carbons (Fsp3) is 0.318. The first-order valence-corrected chi connectivity index (χ1v) is 10.6. The van der Waals surface area contributed by atoms with E-state index in [1.165, 1.54) is 0 Å². The molecule has 1 amide bonds. The van der Waals surface area contributed by atoms with Crippen LogP contribution in [0.15, 0.2) is 48.5 Å². The van der Waals surface area contributed by atoms with Crippen molar-refractivity contribution in [2.45, 2.75) is 5.75 Å². The molecule has 0 aromatic heterocycles. The van der Waals surface area contributed by atoms with Crippen molar-refractivity contribution < 1.29 is 19.0 Å². The zero-order valence-corrected chi connectivity index (χ0v) is 18.1. The Morgan fingerprint density at radius 1 is 1.10 bits per heavy atom. The number of halogens is 1. The summed E-state index contributed by atoms with van der Waals surface area (Å²) in [4.78, 5) is 15.5. The molecule has 0 unspecified atom stereocenters. The molecule has 0 spiro atoms. The molecule has 1 aliphatic rings. The molecule has 0 saturated carbocycles. The minimum Gasteiger partial charge on any atom is -0.493 e. The zero-order chi connectivity index (χ0) is 20.6. The molecule has 0 radical (unpaired) electrons. The monoisotopic (exact) mass is 433 g/mol. The number of hydrogen-bond donors (Lipinski definition) is 0. The summed E-state index contributed by atoms with van der Waals surface area (Å²) in [6.45, 7) is 2.36. The molecule has 2 aromatic carbocycles. The fourth-order valence-electron chi connectivity index (χ4n) is 2.93. The van der Waals surface area contributed by atoms with Gasteiger partial charge in [-0.25, -0.2) is 0 Å². The van der Waals surface area contributed by atoms with Crippen LogP contribution >= 0.6 is 23.4 Å². The van der Waals surface area contributed by atoms with Crippen LogP contribution < -0.4 is 9.47 Å². The number of nitrogens with zero attached hydrogens (tertiary/aromatic N) is 1. The Balaban J connectivity index is 1.86. The topological polar surface area (TPSA) is 48.0 Å². The molecule has 29 heavy (non-hydrogen) atoms. The summed E-state index contributed by atoms with van der Waals surface area (Å²) in [5, 5.41) is 0.705. The zero-order valence-electron chi connectivity index (χ0n) is 16.5. The van der Waals surface area contributed by atoms with Gasteiger partial charge in [-0.05, 0) is 41.5 Å². The van der Waals surface area contributed by atoms with Crippen molar-refractivity contribution >= 4 is 34.2 Å². The highest BCUT2D eigenvalue weighted by atomic mass is 35.5. The van der Waals surface area contributed by atoms with E-state index in [4.69, 9.17) is 25.8 Å². The van der Waals surface area contributed by atoms with Crippen molar-refractivity contribution in [3.8, 4) is 11.5 Å². The van der Waals surface area contributed by atoms with Gasteiger partial charge in [0.1, 0.15) is 0 Å². The maximum absolute atomic E-state index is 12.8. The Kier molecular flexibility index (Phi) is 7.86. The fourth-order valence-corrected chi connectivity index (χ4v) is 4.05. The molecule has 0 bridgehead atoms. The highest BCUT2D eigenvalue weighted by Gasteiger charge is 2.17. The highest BCUT2D eigenvalue weighted by Crippen LogP contribution is 2.36. The number of thioether (sulfide) groups is 1. The standard InChI is InChI=1S/C22H24ClNO4S/c1-26-19-8-5-17(13-20(19)27-2)21(14-22(25)24-9-11-28-12-10-24)29-15-16-3-6-18(23)7-4-16/h3-8,13-14H,9-12,15H2,1-2H3. The maximum Gasteiger partial charge on any atom is 0.247 e. The number of carbonyl (C=O) groups is 1. The molecule has 2 aromatic rings. The van der Waals surface area contributed by atoms with Gasteiger partial charge in [-0.2, -0.15) is 0 Å². The van der Waals surface area contributed by atoms with Gasteiger partial charge >= 0.3 is 0 Å². The molecule has 154 valence electrons. The lowest BCUT2D eigenvalue weighted by Crippen LogP contribution is -2.39. The van der Waals surface area contributed by atoms with Gasteiger partial charge in [-0.15, -0.1) is 11.8 Å². The predicted molar refractivity (Wildman–Crippen MR) is 118 cm³/mol. The number of hydrogen-bond acceptors (Lipinski definition) is 5. The van der Waals surface area contributed by atoms with Crippen LogP contribution in [-0.2, 0) is 15.3 Å². The molecule has 1 heterocycles. The van der Waals surface area contributed by atoms with Gasteiger partial charge in [0, 0.05) is 34.8 Å². The molecule has 1 fully saturated rings. The first-order valence-electron chi connectivity index (χ1n) is 9.28. The van der Waals surface area contributed by atoms with Gasteiger partial charge in [0.25, 0.3) is 0 Å². The summed E-state index contributed by atoms with van der Waals surface area (Å²) in [5.74, 6) is 1.98. The first-order chi connectivity index (χ1) is 14.1. The SMILES string of the molecule is COc1ccc(C(=CC(=O)N2CCOCC2)SCc2ccc(Cl)cc2)cc1OC. The molecule has 1 aliphatic heterocycles. The van der Waals surface area contributed by atoms with Crippen LogP contribution in [0.2, 0.25) is 5.02 Å². The van der Waals surface area contributed by atoms with Crippen LogP contribution in [0.4, 0.5) is 0 Å². The number of ether oxygens (including phenoxy) is 3. The summed E-state index contributed by atoms with van der Waals surface area (Å²) in [7, 11) is 3.20. The molecule has 5 nitrogen and oxygen atoms in total. The largest absolute Gasteiger partial charge is 0.493 e. The van der Waals surface area contributed by atoms with E-state index in [1.807, 2.05) is 47.4 Å². The molecule has 0 atom stereocenters. The average molecular weight is 434 g/mol. The summed E-state index contributed by atoms with van der Waals surface area (Å²) in [6, 6.07) is 13.4. The van der Waals surface area contributed by atoms with Crippen molar-refractivity contribution in [2.75, 3.05) is 40.5 Å². The molecule has 0 N–H and O–H groups in total. The normalized spacial score (nSPS) is 14.6. The maximum atomic E-state index is 12.8. The van der Waals surface area contributed by atoms with Crippen molar-refractivity contribution in [3.05, 3.63) is 64.7 Å². The van der Waals surface area contributed by atoms with E-state index in [0.717, 1.165) is 16.0 Å². The van der Waals surface area contributed by atoms with Crippen LogP contribution in [0.25, 0.3) is 4.91 Å². The van der Waals surface area contributed by atoms with Crippen LogP contribution in [0.1, 0.15) is 11.1 Å². The third-order valence-corrected chi connectivity index (χ3v) is 5.95. The van der Waals surface area contributed by atoms with E-state index in [2.05, 4.69) is 0 Å².